The monoisotopic (exact) mass is 767 g/mol. The summed E-state index contributed by atoms with van der Waals surface area (Å²) in [7, 11) is 0. The van der Waals surface area contributed by atoms with Crippen molar-refractivity contribution >= 4 is 54.6 Å². The minimum atomic E-state index is 0.554. The quantitative estimate of drug-likeness (QED) is 0.169. The molecule has 0 N–H and O–H groups in total. The van der Waals surface area contributed by atoms with Gasteiger partial charge in [0, 0.05) is 38.2 Å². The molecule has 5 nitrogen and oxygen atoms in total. The lowest BCUT2D eigenvalue weighted by Crippen LogP contribution is -2.00. The van der Waals surface area contributed by atoms with Crippen molar-refractivity contribution in [1.29, 1.82) is 0 Å². The normalized spacial score (nSPS) is 11.7. The third-order valence-corrected chi connectivity index (χ3v) is 11.5. The van der Waals surface area contributed by atoms with Crippen LogP contribution in [0.2, 0.25) is 0 Å². The molecule has 0 bridgehead atoms. The van der Waals surface area contributed by atoms with Crippen molar-refractivity contribution in [3.05, 3.63) is 200 Å². The van der Waals surface area contributed by atoms with Crippen LogP contribution in [0.4, 0.5) is 0 Å². The van der Waals surface area contributed by atoms with E-state index >= 15 is 0 Å². The zero-order chi connectivity index (χ0) is 39.6. The Labute approximate surface area is 344 Å². The first-order chi connectivity index (χ1) is 29.7. The molecule has 0 unspecified atom stereocenters. The molecule has 280 valence electrons. The molecule has 0 aliphatic rings. The summed E-state index contributed by atoms with van der Waals surface area (Å²) < 4.78 is 12.5. The molecule has 0 aliphatic heterocycles. The summed E-state index contributed by atoms with van der Waals surface area (Å²) in [6, 6.07) is 69.5. The van der Waals surface area contributed by atoms with E-state index in [2.05, 4.69) is 140 Å². The number of rotatable bonds is 6. The Morgan fingerprint density at radius 1 is 0.233 bits per heavy atom. The second-order valence-electron chi connectivity index (χ2n) is 15.2. The SMILES string of the molecule is c1ccc(-c2cc(-c3nc(-c4ccc5c(c4)oc4ccccc45)nc(-c4ccc5oc6ccccc6c5c4)n3)cc(-c3cccc4c(-c5ccccc5)cccc34)c2)cc1. The Morgan fingerprint density at radius 3 is 1.40 bits per heavy atom. The molecule has 3 heterocycles. The van der Waals surface area contributed by atoms with Crippen LogP contribution < -0.4 is 0 Å². The maximum absolute atomic E-state index is 6.34. The molecule has 0 saturated carbocycles. The van der Waals surface area contributed by atoms with Crippen LogP contribution in [0, 0.1) is 0 Å². The van der Waals surface area contributed by atoms with Gasteiger partial charge in [-0.25, -0.2) is 15.0 Å². The second kappa shape index (κ2) is 13.8. The molecular weight excluding hydrogens is 735 g/mol. The zero-order valence-corrected chi connectivity index (χ0v) is 32.2. The first-order valence-electron chi connectivity index (χ1n) is 20.1. The fraction of sp³-hybridized carbons (Fsp3) is 0. The van der Waals surface area contributed by atoms with Crippen LogP contribution in [-0.4, -0.2) is 15.0 Å². The van der Waals surface area contributed by atoms with Crippen LogP contribution in [0.5, 0.6) is 0 Å². The highest BCUT2D eigenvalue weighted by Gasteiger charge is 2.19. The summed E-state index contributed by atoms with van der Waals surface area (Å²) in [6.07, 6.45) is 0. The van der Waals surface area contributed by atoms with Crippen molar-refractivity contribution in [1.82, 2.24) is 15.0 Å². The molecule has 60 heavy (non-hydrogen) atoms. The highest BCUT2D eigenvalue weighted by atomic mass is 16.3. The van der Waals surface area contributed by atoms with Crippen molar-refractivity contribution in [2.45, 2.75) is 0 Å². The highest BCUT2D eigenvalue weighted by Crippen LogP contribution is 2.40. The molecule has 0 aliphatic carbocycles. The van der Waals surface area contributed by atoms with Gasteiger partial charge >= 0.3 is 0 Å². The summed E-state index contributed by atoms with van der Waals surface area (Å²) in [6.45, 7) is 0. The first kappa shape index (κ1) is 33.9. The van der Waals surface area contributed by atoms with Gasteiger partial charge < -0.3 is 8.83 Å². The lowest BCUT2D eigenvalue weighted by Gasteiger charge is -2.15. The Kier molecular flexibility index (Phi) is 7.78. The lowest BCUT2D eigenvalue weighted by molar-refractivity contribution is 0.668. The molecule has 0 fully saturated rings. The zero-order valence-electron chi connectivity index (χ0n) is 32.2. The van der Waals surface area contributed by atoms with Crippen molar-refractivity contribution in [2.75, 3.05) is 0 Å². The van der Waals surface area contributed by atoms with Crippen LogP contribution >= 0.6 is 0 Å². The smallest absolute Gasteiger partial charge is 0.164 e. The van der Waals surface area contributed by atoms with Crippen molar-refractivity contribution in [2.24, 2.45) is 0 Å². The summed E-state index contributed by atoms with van der Waals surface area (Å²) in [5.41, 5.74) is 12.6. The largest absolute Gasteiger partial charge is 0.456 e. The topological polar surface area (TPSA) is 65.0 Å². The third kappa shape index (κ3) is 5.75. The molecular formula is C55H33N3O2. The van der Waals surface area contributed by atoms with Crippen molar-refractivity contribution < 1.29 is 8.83 Å². The average Bonchev–Trinajstić information content (AvgIpc) is 3.89. The van der Waals surface area contributed by atoms with E-state index in [1.807, 2.05) is 60.7 Å². The van der Waals surface area contributed by atoms with E-state index in [-0.39, 0.29) is 0 Å². The van der Waals surface area contributed by atoms with Gasteiger partial charge in [-0.1, -0.05) is 140 Å². The molecule has 0 atom stereocenters. The van der Waals surface area contributed by atoms with Crippen LogP contribution in [-0.2, 0) is 0 Å². The number of hydrogen-bond acceptors (Lipinski definition) is 5. The van der Waals surface area contributed by atoms with Crippen LogP contribution in [0.1, 0.15) is 0 Å². The molecule has 12 rings (SSSR count). The minimum Gasteiger partial charge on any atom is -0.456 e. The first-order valence-corrected chi connectivity index (χ1v) is 20.1. The summed E-state index contributed by atoms with van der Waals surface area (Å²) in [4.78, 5) is 15.7. The molecule has 0 radical (unpaired) electrons. The van der Waals surface area contributed by atoms with Gasteiger partial charge in [-0.2, -0.15) is 0 Å². The van der Waals surface area contributed by atoms with Crippen LogP contribution in [0.3, 0.4) is 0 Å². The van der Waals surface area contributed by atoms with E-state index in [0.29, 0.717) is 17.5 Å². The Hall–Kier alpha value is -8.15. The maximum Gasteiger partial charge on any atom is 0.164 e. The van der Waals surface area contributed by atoms with Gasteiger partial charge in [-0.3, -0.25) is 0 Å². The lowest BCUT2D eigenvalue weighted by atomic mass is 9.90. The van der Waals surface area contributed by atoms with E-state index < -0.39 is 0 Å². The van der Waals surface area contributed by atoms with E-state index in [9.17, 15) is 0 Å². The predicted octanol–water partition coefficient (Wildman–Crippen LogP) is 14.8. The standard InChI is InChI=1S/C55H33N3O2/c1-3-13-34(14-4-1)38-29-39(42-20-12-21-43-41(19-11-22-44(42)43)35-15-5-2-6-16-35)31-40(30-38)55-57-53(36-26-28-51-48(32-36)46-18-8-10-24-50(46)59-51)56-54(58-55)37-25-27-47-45-17-7-9-23-49(45)60-52(47)33-37/h1-33H. The van der Waals surface area contributed by atoms with Gasteiger partial charge in [0.25, 0.3) is 0 Å². The summed E-state index contributed by atoms with van der Waals surface area (Å²) in [5, 5.41) is 6.55. The van der Waals surface area contributed by atoms with Crippen LogP contribution in [0.15, 0.2) is 209 Å². The molecule has 0 spiro atoms. The third-order valence-electron chi connectivity index (χ3n) is 11.5. The number of benzene rings is 9. The molecule has 0 saturated heterocycles. The highest BCUT2D eigenvalue weighted by molar-refractivity contribution is 6.08. The molecule has 12 aromatic rings. The van der Waals surface area contributed by atoms with E-state index in [1.165, 1.54) is 21.9 Å². The summed E-state index contributed by atoms with van der Waals surface area (Å²) >= 11 is 0. The van der Waals surface area contributed by atoms with Gasteiger partial charge in [-0.15, -0.1) is 0 Å². The maximum atomic E-state index is 6.34. The van der Waals surface area contributed by atoms with Gasteiger partial charge in [0.1, 0.15) is 22.3 Å². The van der Waals surface area contributed by atoms with Gasteiger partial charge in [0.2, 0.25) is 0 Å². The van der Waals surface area contributed by atoms with E-state index in [0.717, 1.165) is 82.8 Å². The molecule has 9 aromatic carbocycles. The van der Waals surface area contributed by atoms with Gasteiger partial charge in [0.05, 0.1) is 0 Å². The van der Waals surface area contributed by atoms with Crippen LogP contribution in [0.25, 0.3) is 122 Å². The number of para-hydroxylation sites is 2. The molecule has 0 amide bonds. The summed E-state index contributed by atoms with van der Waals surface area (Å²) in [5.74, 6) is 1.69. The average molecular weight is 768 g/mol. The molecule has 3 aromatic heterocycles. The van der Waals surface area contributed by atoms with Crippen molar-refractivity contribution in [3.63, 3.8) is 0 Å². The fourth-order valence-corrected chi connectivity index (χ4v) is 8.63. The Bertz CT molecular complexity index is 3610. The number of nitrogens with zero attached hydrogens (tertiary/aromatic N) is 3. The second-order valence-corrected chi connectivity index (χ2v) is 15.2. The minimum absolute atomic E-state index is 0.554. The Balaban J connectivity index is 1.09. The molecule has 5 heteroatoms. The van der Waals surface area contributed by atoms with E-state index in [4.69, 9.17) is 23.8 Å². The van der Waals surface area contributed by atoms with E-state index in [1.54, 1.807) is 0 Å². The Morgan fingerprint density at radius 2 is 0.700 bits per heavy atom. The predicted molar refractivity (Wildman–Crippen MR) is 245 cm³/mol. The van der Waals surface area contributed by atoms with Gasteiger partial charge in [-0.05, 0) is 105 Å². The number of furan rings is 2. The number of hydrogen-bond donors (Lipinski definition) is 0. The fourth-order valence-electron chi connectivity index (χ4n) is 8.63. The van der Waals surface area contributed by atoms with Crippen molar-refractivity contribution in [3.8, 4) is 67.5 Å². The number of aromatic nitrogens is 3. The van der Waals surface area contributed by atoms with Gasteiger partial charge in [0.15, 0.2) is 17.5 Å². The number of fused-ring (bicyclic) bond motifs is 7.